The van der Waals surface area contributed by atoms with Gasteiger partial charge in [0.15, 0.2) is 0 Å². The molecule has 21 heavy (non-hydrogen) atoms. The Morgan fingerprint density at radius 1 is 1.38 bits per heavy atom. The van der Waals surface area contributed by atoms with E-state index in [4.69, 9.17) is 0 Å². The zero-order valence-corrected chi connectivity index (χ0v) is 12.3. The normalized spacial score (nSPS) is 18.3. The zero-order valence-electron chi connectivity index (χ0n) is 12.3. The van der Waals surface area contributed by atoms with E-state index >= 15 is 0 Å². The van der Waals surface area contributed by atoms with Gasteiger partial charge in [-0.25, -0.2) is 0 Å². The Hall–Kier alpha value is -2.04. The van der Waals surface area contributed by atoms with Crippen LogP contribution in [-0.2, 0) is 4.79 Å². The lowest BCUT2D eigenvalue weighted by Crippen LogP contribution is -2.45. The second-order valence-electron chi connectivity index (χ2n) is 5.40. The molecule has 1 atom stereocenters. The zero-order chi connectivity index (χ0) is 15.2. The van der Waals surface area contributed by atoms with E-state index in [0.717, 1.165) is 19.3 Å². The number of likely N-dealkylation sites (tertiary alicyclic amines) is 1. The fraction of sp³-hybridized carbons (Fsp3) is 0.500. The van der Waals surface area contributed by atoms with Crippen LogP contribution in [0.4, 0.5) is 0 Å². The number of nitrogens with zero attached hydrogens (tertiary/aromatic N) is 1. The minimum atomic E-state index is -0.207. The predicted octanol–water partition coefficient (Wildman–Crippen LogP) is 1.77. The number of nitrogens with one attached hydrogen (secondary N) is 1. The standard InChI is InChI=1S/C16H22N2O3/c1-2-9-17-15(20)12-6-5-10-18(11-12)16(21)13-7-3-4-8-14(13)19/h3-4,7-8,12,19H,2,5-6,9-11H2,1H3,(H,17,20)/t12-/m0/s1. The lowest BCUT2D eigenvalue weighted by atomic mass is 9.96. The van der Waals surface area contributed by atoms with Gasteiger partial charge in [0.2, 0.25) is 5.91 Å². The van der Waals surface area contributed by atoms with Gasteiger partial charge in [-0.15, -0.1) is 0 Å². The molecule has 2 rings (SSSR count). The van der Waals surface area contributed by atoms with E-state index in [1.165, 1.54) is 6.07 Å². The Bertz CT molecular complexity index is 516. The SMILES string of the molecule is CCCNC(=O)[C@H]1CCCN(C(=O)c2ccccc2O)C1. The van der Waals surface area contributed by atoms with Gasteiger partial charge in [0.25, 0.3) is 5.91 Å². The van der Waals surface area contributed by atoms with Crippen LogP contribution in [0.25, 0.3) is 0 Å². The molecule has 114 valence electrons. The number of piperidine rings is 1. The summed E-state index contributed by atoms with van der Waals surface area (Å²) in [5.41, 5.74) is 0.298. The summed E-state index contributed by atoms with van der Waals surface area (Å²) < 4.78 is 0. The topological polar surface area (TPSA) is 69.6 Å². The maximum absolute atomic E-state index is 12.4. The minimum Gasteiger partial charge on any atom is -0.507 e. The van der Waals surface area contributed by atoms with Crippen LogP contribution in [-0.4, -0.2) is 41.5 Å². The number of phenolic OH excluding ortho intramolecular Hbond substituents is 1. The quantitative estimate of drug-likeness (QED) is 0.888. The van der Waals surface area contributed by atoms with Crippen molar-refractivity contribution in [1.82, 2.24) is 10.2 Å². The molecule has 1 fully saturated rings. The molecule has 2 N–H and O–H groups in total. The van der Waals surface area contributed by atoms with E-state index < -0.39 is 0 Å². The summed E-state index contributed by atoms with van der Waals surface area (Å²) in [6, 6.07) is 6.52. The van der Waals surface area contributed by atoms with Gasteiger partial charge < -0.3 is 15.3 Å². The van der Waals surface area contributed by atoms with Crippen molar-refractivity contribution in [2.45, 2.75) is 26.2 Å². The second-order valence-corrected chi connectivity index (χ2v) is 5.40. The van der Waals surface area contributed by atoms with E-state index in [-0.39, 0.29) is 23.5 Å². The molecule has 0 unspecified atom stereocenters. The van der Waals surface area contributed by atoms with Gasteiger partial charge in [-0.05, 0) is 31.4 Å². The molecular formula is C16H22N2O3. The van der Waals surface area contributed by atoms with Crippen LogP contribution >= 0.6 is 0 Å². The highest BCUT2D eigenvalue weighted by Crippen LogP contribution is 2.22. The van der Waals surface area contributed by atoms with E-state index in [0.29, 0.717) is 25.2 Å². The van der Waals surface area contributed by atoms with Crippen LogP contribution in [0, 0.1) is 5.92 Å². The number of para-hydroxylation sites is 1. The molecule has 0 aromatic heterocycles. The molecule has 1 aliphatic heterocycles. The number of amides is 2. The molecule has 1 heterocycles. The summed E-state index contributed by atoms with van der Waals surface area (Å²) in [5, 5.41) is 12.7. The number of hydrogen-bond donors (Lipinski definition) is 2. The third-order valence-corrected chi connectivity index (χ3v) is 3.76. The highest BCUT2D eigenvalue weighted by atomic mass is 16.3. The molecular weight excluding hydrogens is 268 g/mol. The van der Waals surface area contributed by atoms with Gasteiger partial charge in [0, 0.05) is 19.6 Å². The summed E-state index contributed by atoms with van der Waals surface area (Å²) in [6.07, 6.45) is 2.52. The number of carbonyl (C=O) groups excluding carboxylic acids is 2. The van der Waals surface area contributed by atoms with Gasteiger partial charge in [-0.2, -0.15) is 0 Å². The summed E-state index contributed by atoms with van der Waals surface area (Å²) in [6.45, 7) is 3.73. The summed E-state index contributed by atoms with van der Waals surface area (Å²) in [7, 11) is 0. The Labute approximate surface area is 125 Å². The van der Waals surface area contributed by atoms with Crippen LogP contribution in [0.3, 0.4) is 0 Å². The molecule has 0 radical (unpaired) electrons. The van der Waals surface area contributed by atoms with Crippen LogP contribution in [0.15, 0.2) is 24.3 Å². The predicted molar refractivity (Wildman–Crippen MR) is 80.0 cm³/mol. The molecule has 1 aromatic carbocycles. The van der Waals surface area contributed by atoms with Crippen molar-refractivity contribution in [3.8, 4) is 5.75 Å². The number of aromatic hydroxyl groups is 1. The number of carbonyl (C=O) groups is 2. The van der Waals surface area contributed by atoms with Crippen LogP contribution in [0.2, 0.25) is 0 Å². The summed E-state index contributed by atoms with van der Waals surface area (Å²) in [5.74, 6) is -0.354. The Kier molecular flexibility index (Phi) is 5.20. The van der Waals surface area contributed by atoms with Crippen molar-refractivity contribution < 1.29 is 14.7 Å². The number of rotatable bonds is 4. The lowest BCUT2D eigenvalue weighted by Gasteiger charge is -2.32. The van der Waals surface area contributed by atoms with Gasteiger partial charge in [-0.1, -0.05) is 19.1 Å². The van der Waals surface area contributed by atoms with Crippen molar-refractivity contribution in [2.24, 2.45) is 5.92 Å². The number of phenols is 1. The summed E-state index contributed by atoms with van der Waals surface area (Å²) in [4.78, 5) is 26.1. The van der Waals surface area contributed by atoms with Crippen molar-refractivity contribution in [2.75, 3.05) is 19.6 Å². The van der Waals surface area contributed by atoms with E-state index in [1.54, 1.807) is 23.1 Å². The maximum Gasteiger partial charge on any atom is 0.257 e. The molecule has 2 amide bonds. The summed E-state index contributed by atoms with van der Waals surface area (Å²) >= 11 is 0. The molecule has 0 saturated carbocycles. The number of hydrogen-bond acceptors (Lipinski definition) is 3. The fourth-order valence-electron chi connectivity index (χ4n) is 2.59. The average Bonchev–Trinajstić information content (AvgIpc) is 2.52. The van der Waals surface area contributed by atoms with Crippen LogP contribution in [0.5, 0.6) is 5.75 Å². The smallest absolute Gasteiger partial charge is 0.257 e. The van der Waals surface area contributed by atoms with Gasteiger partial charge in [0.1, 0.15) is 5.75 Å². The average molecular weight is 290 g/mol. The molecule has 5 nitrogen and oxygen atoms in total. The van der Waals surface area contributed by atoms with E-state index in [2.05, 4.69) is 5.32 Å². The fourth-order valence-corrected chi connectivity index (χ4v) is 2.59. The van der Waals surface area contributed by atoms with E-state index in [9.17, 15) is 14.7 Å². The maximum atomic E-state index is 12.4. The molecule has 1 aliphatic rings. The molecule has 0 aliphatic carbocycles. The van der Waals surface area contributed by atoms with Crippen molar-refractivity contribution in [3.63, 3.8) is 0 Å². The first-order chi connectivity index (χ1) is 10.1. The third kappa shape index (κ3) is 3.74. The Morgan fingerprint density at radius 3 is 2.86 bits per heavy atom. The Balaban J connectivity index is 2.02. The second kappa shape index (κ2) is 7.11. The lowest BCUT2D eigenvalue weighted by molar-refractivity contribution is -0.126. The first kappa shape index (κ1) is 15.4. The molecule has 1 aromatic rings. The van der Waals surface area contributed by atoms with Crippen molar-refractivity contribution in [3.05, 3.63) is 29.8 Å². The third-order valence-electron chi connectivity index (χ3n) is 3.76. The van der Waals surface area contributed by atoms with Gasteiger partial charge >= 0.3 is 0 Å². The van der Waals surface area contributed by atoms with Crippen LogP contribution < -0.4 is 5.32 Å². The minimum absolute atomic E-state index is 0.0138. The molecule has 1 saturated heterocycles. The van der Waals surface area contributed by atoms with Gasteiger partial charge in [0.05, 0.1) is 11.5 Å². The van der Waals surface area contributed by atoms with E-state index in [1.807, 2.05) is 6.92 Å². The van der Waals surface area contributed by atoms with Gasteiger partial charge in [-0.3, -0.25) is 9.59 Å². The molecule has 0 spiro atoms. The first-order valence-electron chi connectivity index (χ1n) is 7.48. The van der Waals surface area contributed by atoms with Crippen molar-refractivity contribution >= 4 is 11.8 Å². The van der Waals surface area contributed by atoms with Crippen LogP contribution in [0.1, 0.15) is 36.5 Å². The number of benzene rings is 1. The van der Waals surface area contributed by atoms with Crippen molar-refractivity contribution in [1.29, 1.82) is 0 Å². The monoisotopic (exact) mass is 290 g/mol. The first-order valence-corrected chi connectivity index (χ1v) is 7.48. The highest BCUT2D eigenvalue weighted by molar-refractivity contribution is 5.97. The Morgan fingerprint density at radius 2 is 2.14 bits per heavy atom. The molecule has 5 heteroatoms. The largest absolute Gasteiger partial charge is 0.507 e. The molecule has 0 bridgehead atoms. The highest BCUT2D eigenvalue weighted by Gasteiger charge is 2.29.